The normalized spacial score (nSPS) is 11.7. The van der Waals surface area contributed by atoms with Crippen molar-refractivity contribution in [2.75, 3.05) is 5.32 Å². The number of aromatic nitrogens is 3. The molecule has 1 amide bonds. The molecule has 0 spiro atoms. The molecule has 0 aliphatic rings. The van der Waals surface area contributed by atoms with Crippen molar-refractivity contribution in [3.63, 3.8) is 0 Å². The second kappa shape index (κ2) is 12.1. The highest BCUT2D eigenvalue weighted by Gasteiger charge is 2.52. The fourth-order valence-corrected chi connectivity index (χ4v) is 10.5. The van der Waals surface area contributed by atoms with Crippen LogP contribution in [0.2, 0.25) is 5.04 Å². The van der Waals surface area contributed by atoms with E-state index in [-0.39, 0.29) is 10.9 Å². The van der Waals surface area contributed by atoms with Gasteiger partial charge in [0.2, 0.25) is 5.95 Å². The SMILES string of the molecule is Cc1noc(C)c1C(=O)Nc1nc2cc(C#N)ccc2n1Cc1ccc(O[Si](c2ccccc2)(c2ccccc2)C(C)(C)C)cc1. The van der Waals surface area contributed by atoms with Gasteiger partial charge in [-0.3, -0.25) is 10.1 Å². The third-order valence-electron chi connectivity index (χ3n) is 8.31. The number of carbonyl (C=O) groups is 1. The van der Waals surface area contributed by atoms with E-state index in [0.29, 0.717) is 40.6 Å². The molecule has 46 heavy (non-hydrogen) atoms. The Morgan fingerprint density at radius 3 is 2.11 bits per heavy atom. The number of hydrogen-bond donors (Lipinski definition) is 1. The second-order valence-corrected chi connectivity index (χ2v) is 16.6. The second-order valence-electron chi connectivity index (χ2n) is 12.4. The number of rotatable bonds is 8. The summed E-state index contributed by atoms with van der Waals surface area (Å²) >= 11 is 0. The Balaban J connectivity index is 1.36. The van der Waals surface area contributed by atoms with Crippen LogP contribution in [0.15, 0.2) is 108 Å². The number of imidazole rings is 1. The number of anilines is 1. The van der Waals surface area contributed by atoms with Gasteiger partial charge in [0.05, 0.1) is 34.9 Å². The molecule has 0 aliphatic heterocycles. The molecular formula is C37H35N5O3Si. The van der Waals surface area contributed by atoms with Gasteiger partial charge in [-0.1, -0.05) is 98.7 Å². The predicted octanol–water partition coefficient (Wildman–Crippen LogP) is 6.75. The molecule has 0 unspecified atom stereocenters. The van der Waals surface area contributed by atoms with Crippen molar-refractivity contribution in [1.29, 1.82) is 5.26 Å². The summed E-state index contributed by atoms with van der Waals surface area (Å²) in [6, 6.07) is 36.7. The van der Waals surface area contributed by atoms with Crippen molar-refractivity contribution in [3.05, 3.63) is 131 Å². The van der Waals surface area contributed by atoms with Crippen LogP contribution in [0.1, 0.15) is 53.7 Å². The van der Waals surface area contributed by atoms with Gasteiger partial charge >= 0.3 is 8.32 Å². The quantitative estimate of drug-likeness (QED) is 0.188. The Kier molecular flexibility index (Phi) is 8.07. The summed E-state index contributed by atoms with van der Waals surface area (Å²) in [5, 5.41) is 18.6. The van der Waals surface area contributed by atoms with Crippen LogP contribution in [0.4, 0.5) is 5.95 Å². The van der Waals surface area contributed by atoms with Crippen LogP contribution < -0.4 is 20.1 Å². The van der Waals surface area contributed by atoms with Gasteiger partial charge in [0.15, 0.2) is 0 Å². The summed E-state index contributed by atoms with van der Waals surface area (Å²) in [7, 11) is -2.78. The number of aryl methyl sites for hydroxylation is 2. The Bertz CT molecular complexity index is 2000. The van der Waals surface area contributed by atoms with Crippen molar-refractivity contribution in [3.8, 4) is 11.8 Å². The first-order valence-electron chi connectivity index (χ1n) is 15.1. The molecule has 0 bridgehead atoms. The zero-order chi connectivity index (χ0) is 32.5. The highest BCUT2D eigenvalue weighted by atomic mass is 28.4. The third kappa shape index (κ3) is 5.59. The van der Waals surface area contributed by atoms with E-state index in [2.05, 4.69) is 85.8 Å². The van der Waals surface area contributed by atoms with E-state index in [1.165, 1.54) is 10.4 Å². The van der Waals surface area contributed by atoms with Gasteiger partial charge < -0.3 is 13.5 Å². The highest BCUT2D eigenvalue weighted by molar-refractivity contribution is 7.00. The van der Waals surface area contributed by atoms with Crippen LogP contribution in [0.25, 0.3) is 11.0 Å². The third-order valence-corrected chi connectivity index (χ3v) is 13.3. The van der Waals surface area contributed by atoms with Gasteiger partial charge in [0, 0.05) is 0 Å². The molecule has 6 rings (SSSR count). The number of hydrogen-bond acceptors (Lipinski definition) is 6. The number of benzene rings is 4. The van der Waals surface area contributed by atoms with Crippen molar-refractivity contribution in [2.45, 2.75) is 46.2 Å². The van der Waals surface area contributed by atoms with Crippen molar-refractivity contribution < 1.29 is 13.7 Å². The van der Waals surface area contributed by atoms with Crippen LogP contribution in [-0.2, 0) is 6.54 Å². The summed E-state index contributed by atoms with van der Waals surface area (Å²) in [4.78, 5) is 18.0. The molecule has 6 aromatic rings. The molecule has 0 saturated carbocycles. The van der Waals surface area contributed by atoms with Crippen LogP contribution in [0.3, 0.4) is 0 Å². The topological polar surface area (TPSA) is 106 Å². The Labute approximate surface area is 269 Å². The monoisotopic (exact) mass is 625 g/mol. The number of fused-ring (bicyclic) bond motifs is 1. The molecule has 0 saturated heterocycles. The minimum absolute atomic E-state index is 0.166. The number of carbonyl (C=O) groups excluding carboxylic acids is 1. The molecule has 2 heterocycles. The smallest absolute Gasteiger partial charge is 0.319 e. The van der Waals surface area contributed by atoms with Gasteiger partial charge in [-0.25, -0.2) is 4.98 Å². The number of amides is 1. The fourth-order valence-electron chi connectivity index (χ4n) is 6.10. The molecule has 0 fully saturated rings. The molecule has 0 radical (unpaired) electrons. The lowest BCUT2D eigenvalue weighted by Gasteiger charge is -2.43. The zero-order valence-corrected chi connectivity index (χ0v) is 27.5. The first-order chi connectivity index (χ1) is 22.1. The number of nitriles is 1. The largest absolute Gasteiger partial charge is 0.534 e. The Morgan fingerprint density at radius 1 is 0.935 bits per heavy atom. The Morgan fingerprint density at radius 2 is 1.57 bits per heavy atom. The van der Waals surface area contributed by atoms with Gasteiger partial charge in [-0.15, -0.1) is 0 Å². The first-order valence-corrected chi connectivity index (χ1v) is 17.0. The maximum atomic E-state index is 13.3. The van der Waals surface area contributed by atoms with E-state index >= 15 is 0 Å². The van der Waals surface area contributed by atoms with E-state index in [0.717, 1.165) is 16.8 Å². The van der Waals surface area contributed by atoms with Crippen LogP contribution in [0, 0.1) is 25.2 Å². The summed E-state index contributed by atoms with van der Waals surface area (Å²) in [5.74, 6) is 1.23. The summed E-state index contributed by atoms with van der Waals surface area (Å²) in [5.41, 5.74) is 3.76. The van der Waals surface area contributed by atoms with Gasteiger partial charge in [-0.05, 0) is 65.2 Å². The maximum Gasteiger partial charge on any atom is 0.319 e. The van der Waals surface area contributed by atoms with Gasteiger partial charge in [0.25, 0.3) is 5.91 Å². The predicted molar refractivity (Wildman–Crippen MR) is 182 cm³/mol. The summed E-state index contributed by atoms with van der Waals surface area (Å²) < 4.78 is 14.3. The average Bonchev–Trinajstić information content (AvgIpc) is 3.57. The molecule has 2 aromatic heterocycles. The summed E-state index contributed by atoms with van der Waals surface area (Å²) in [6.45, 7) is 10.6. The van der Waals surface area contributed by atoms with E-state index in [9.17, 15) is 10.1 Å². The average molecular weight is 626 g/mol. The summed E-state index contributed by atoms with van der Waals surface area (Å²) in [6.07, 6.45) is 0. The van der Waals surface area contributed by atoms with E-state index < -0.39 is 8.32 Å². The minimum Gasteiger partial charge on any atom is -0.534 e. The van der Waals surface area contributed by atoms with Gasteiger partial charge in [-0.2, -0.15) is 5.26 Å². The van der Waals surface area contributed by atoms with Crippen molar-refractivity contribution in [2.24, 2.45) is 0 Å². The molecule has 1 N–H and O–H groups in total. The molecular weight excluding hydrogens is 591 g/mol. The van der Waals surface area contributed by atoms with Crippen LogP contribution in [-0.4, -0.2) is 28.9 Å². The highest BCUT2D eigenvalue weighted by Crippen LogP contribution is 2.37. The van der Waals surface area contributed by atoms with E-state index in [4.69, 9.17) is 13.9 Å². The zero-order valence-electron chi connectivity index (χ0n) is 26.5. The van der Waals surface area contributed by atoms with Crippen molar-refractivity contribution >= 4 is 41.6 Å². The molecule has 230 valence electrons. The molecule has 9 heteroatoms. The van der Waals surface area contributed by atoms with Gasteiger partial charge in [0.1, 0.15) is 17.1 Å². The lowest BCUT2D eigenvalue weighted by molar-refractivity contribution is 0.102. The minimum atomic E-state index is -2.78. The number of nitrogens with zero attached hydrogens (tertiary/aromatic N) is 4. The van der Waals surface area contributed by atoms with Crippen LogP contribution >= 0.6 is 0 Å². The fraction of sp³-hybridized carbons (Fsp3) is 0.189. The lowest BCUT2D eigenvalue weighted by atomic mass is 10.2. The maximum absolute atomic E-state index is 13.3. The molecule has 4 aromatic carbocycles. The van der Waals surface area contributed by atoms with Crippen molar-refractivity contribution in [1.82, 2.24) is 14.7 Å². The molecule has 0 atom stereocenters. The first kappa shape index (κ1) is 30.6. The standard InChI is InChI=1S/C37H35N5O3Si/c1-25-34(26(2)44-41-25)35(43)40-36-39-32-22-28(23-38)18-21-33(32)42(36)24-27-16-19-29(20-17-27)45-46(37(3,4)5,30-12-8-6-9-13-30)31-14-10-7-11-15-31/h6-22H,24H2,1-5H3,(H,39,40,43). The number of nitrogens with one attached hydrogen (secondary N) is 1. The lowest BCUT2D eigenvalue weighted by Crippen LogP contribution is -2.68. The Hall–Kier alpha value is -5.46. The molecule has 0 aliphatic carbocycles. The van der Waals surface area contributed by atoms with E-state index in [1.807, 2.05) is 47.0 Å². The van der Waals surface area contributed by atoms with E-state index in [1.54, 1.807) is 26.0 Å². The van der Waals surface area contributed by atoms with Crippen LogP contribution in [0.5, 0.6) is 5.75 Å². The molecule has 8 nitrogen and oxygen atoms in total.